The summed E-state index contributed by atoms with van der Waals surface area (Å²) in [6.45, 7) is 0. The number of benzene rings is 4. The Morgan fingerprint density at radius 1 is 0.406 bits per heavy atom. The molecule has 0 fully saturated rings. The van der Waals surface area contributed by atoms with E-state index in [2.05, 4.69) is 24.3 Å². The highest BCUT2D eigenvalue weighted by molar-refractivity contribution is 6.07. The third-order valence-corrected chi connectivity index (χ3v) is 7.16. The molecule has 0 unspecified atom stereocenters. The Balaban J connectivity index is 1.61. The zero-order valence-corrected chi connectivity index (χ0v) is 17.5. The second-order valence-electron chi connectivity index (χ2n) is 8.73. The molecule has 2 nitrogen and oxygen atoms in total. The lowest BCUT2D eigenvalue weighted by molar-refractivity contribution is 0.0697. The summed E-state index contributed by atoms with van der Waals surface area (Å²) in [4.78, 5) is 28.0. The van der Waals surface area contributed by atoms with Gasteiger partial charge in [0.1, 0.15) is 0 Å². The highest BCUT2D eigenvalue weighted by Gasteiger charge is 2.54. The van der Waals surface area contributed by atoms with Crippen molar-refractivity contribution in [3.05, 3.63) is 143 Å². The number of Topliss-reactive ketones (excluding diaryl/α,β-unsaturated/α-hetero) is 2. The minimum Gasteiger partial charge on any atom is -0.294 e. The van der Waals surface area contributed by atoms with Gasteiger partial charge in [0.15, 0.2) is 11.6 Å². The van der Waals surface area contributed by atoms with Crippen LogP contribution in [0.2, 0.25) is 0 Å². The standard InChI is InChI=1S/C30H22O2/c31-29(19-11-3-1-4-12-19)27-25-21-15-7-9-17-23(21)26(24-18-10-8-16-22(24)25)28(27)30(32)20-13-5-2-6-14-20/h1-18,25-28H/t25?,26?,27-,28+. The molecule has 2 bridgehead atoms. The molecule has 0 spiro atoms. The van der Waals surface area contributed by atoms with Crippen LogP contribution >= 0.6 is 0 Å². The van der Waals surface area contributed by atoms with Gasteiger partial charge >= 0.3 is 0 Å². The van der Waals surface area contributed by atoms with Crippen LogP contribution in [0.3, 0.4) is 0 Å². The smallest absolute Gasteiger partial charge is 0.167 e. The molecule has 2 heteroatoms. The SMILES string of the molecule is O=C(c1ccccc1)[C@@H]1C2c3ccccc3C(c3ccccc32)[C@@H]1C(=O)c1ccccc1. The van der Waals surface area contributed by atoms with Crippen LogP contribution in [0.25, 0.3) is 0 Å². The zero-order valence-electron chi connectivity index (χ0n) is 17.5. The van der Waals surface area contributed by atoms with E-state index in [0.717, 1.165) is 0 Å². The quantitative estimate of drug-likeness (QED) is 0.369. The summed E-state index contributed by atoms with van der Waals surface area (Å²) < 4.78 is 0. The Morgan fingerprint density at radius 2 is 0.688 bits per heavy atom. The minimum absolute atomic E-state index is 0.0545. The highest BCUT2D eigenvalue weighted by Crippen LogP contribution is 2.59. The lowest BCUT2D eigenvalue weighted by atomic mass is 9.51. The number of fused-ring (bicyclic) bond motifs is 1. The lowest BCUT2D eigenvalue weighted by Gasteiger charge is -2.49. The average Bonchev–Trinajstić information content (AvgIpc) is 2.88. The topological polar surface area (TPSA) is 34.1 Å². The second-order valence-corrected chi connectivity index (χ2v) is 8.73. The summed E-state index contributed by atoms with van der Waals surface area (Å²) in [6.07, 6.45) is 0. The van der Waals surface area contributed by atoms with E-state index in [1.807, 2.05) is 84.9 Å². The molecule has 0 aliphatic heterocycles. The first-order valence-corrected chi connectivity index (χ1v) is 11.1. The van der Waals surface area contributed by atoms with Gasteiger partial charge in [-0.15, -0.1) is 0 Å². The number of hydrogen-bond acceptors (Lipinski definition) is 2. The van der Waals surface area contributed by atoms with Crippen molar-refractivity contribution in [2.75, 3.05) is 0 Å². The van der Waals surface area contributed by atoms with Crippen molar-refractivity contribution < 1.29 is 9.59 Å². The maximum atomic E-state index is 14.0. The Kier molecular flexibility index (Phi) is 4.39. The van der Waals surface area contributed by atoms with Crippen LogP contribution in [-0.2, 0) is 0 Å². The Labute approximate surface area is 187 Å². The monoisotopic (exact) mass is 414 g/mol. The molecule has 0 amide bonds. The van der Waals surface area contributed by atoms with Crippen molar-refractivity contribution in [2.24, 2.45) is 11.8 Å². The summed E-state index contributed by atoms with van der Waals surface area (Å²) in [6, 6.07) is 35.6. The lowest BCUT2D eigenvalue weighted by Crippen LogP contribution is -2.47. The molecule has 0 heterocycles. The molecule has 3 aliphatic rings. The van der Waals surface area contributed by atoms with Crippen LogP contribution in [-0.4, -0.2) is 11.6 Å². The first kappa shape index (κ1) is 18.9. The van der Waals surface area contributed by atoms with Gasteiger partial charge in [0.05, 0.1) is 0 Å². The molecular formula is C30H22O2. The summed E-state index contributed by atoms with van der Waals surface area (Å²) in [7, 11) is 0. The second kappa shape index (κ2) is 7.42. The van der Waals surface area contributed by atoms with Crippen LogP contribution in [0.4, 0.5) is 0 Å². The number of ketones is 2. The fourth-order valence-electron chi connectivity index (χ4n) is 5.90. The van der Waals surface area contributed by atoms with Crippen LogP contribution in [0.15, 0.2) is 109 Å². The molecule has 7 rings (SSSR count). The number of hydrogen-bond donors (Lipinski definition) is 0. The molecule has 0 saturated heterocycles. The van der Waals surface area contributed by atoms with Crippen molar-refractivity contribution in [1.29, 1.82) is 0 Å². The van der Waals surface area contributed by atoms with E-state index in [9.17, 15) is 9.59 Å². The van der Waals surface area contributed by atoms with Gasteiger partial charge < -0.3 is 0 Å². The number of rotatable bonds is 4. The molecule has 0 radical (unpaired) electrons. The van der Waals surface area contributed by atoms with Crippen molar-refractivity contribution in [3.8, 4) is 0 Å². The van der Waals surface area contributed by atoms with E-state index >= 15 is 0 Å². The van der Waals surface area contributed by atoms with Crippen molar-refractivity contribution >= 4 is 11.6 Å². The average molecular weight is 415 g/mol. The van der Waals surface area contributed by atoms with Gasteiger partial charge in [0, 0.05) is 34.8 Å². The molecule has 154 valence electrons. The predicted molar refractivity (Wildman–Crippen MR) is 125 cm³/mol. The molecular weight excluding hydrogens is 392 g/mol. The third-order valence-electron chi connectivity index (χ3n) is 7.16. The van der Waals surface area contributed by atoms with Gasteiger partial charge in [-0.25, -0.2) is 0 Å². The maximum absolute atomic E-state index is 14.0. The minimum atomic E-state index is -0.431. The van der Waals surface area contributed by atoms with Crippen LogP contribution in [0.5, 0.6) is 0 Å². The van der Waals surface area contributed by atoms with E-state index in [0.29, 0.717) is 11.1 Å². The van der Waals surface area contributed by atoms with Gasteiger partial charge in [-0.05, 0) is 22.3 Å². The molecule has 4 aromatic rings. The Hall–Kier alpha value is -3.78. The molecule has 32 heavy (non-hydrogen) atoms. The molecule has 4 aromatic carbocycles. The third kappa shape index (κ3) is 2.73. The number of carbonyl (C=O) groups is 2. The summed E-state index contributed by atoms with van der Waals surface area (Å²) in [5, 5.41) is 0. The predicted octanol–water partition coefficient (Wildman–Crippen LogP) is 6.28. The largest absolute Gasteiger partial charge is 0.294 e. The highest BCUT2D eigenvalue weighted by atomic mass is 16.1. The summed E-state index contributed by atoms with van der Waals surface area (Å²) in [5.41, 5.74) is 6.08. The first-order chi connectivity index (χ1) is 15.8. The van der Waals surface area contributed by atoms with Gasteiger partial charge in [-0.3, -0.25) is 9.59 Å². The Morgan fingerprint density at radius 3 is 1.00 bits per heavy atom. The van der Waals surface area contributed by atoms with E-state index < -0.39 is 11.8 Å². The zero-order chi connectivity index (χ0) is 21.7. The van der Waals surface area contributed by atoms with Gasteiger partial charge in [0.2, 0.25) is 0 Å². The van der Waals surface area contributed by atoms with Gasteiger partial charge in [-0.2, -0.15) is 0 Å². The van der Waals surface area contributed by atoms with Crippen molar-refractivity contribution in [2.45, 2.75) is 11.8 Å². The van der Waals surface area contributed by atoms with Crippen LogP contribution in [0, 0.1) is 11.8 Å². The van der Waals surface area contributed by atoms with Crippen molar-refractivity contribution in [1.82, 2.24) is 0 Å². The normalized spacial score (nSPS) is 22.6. The van der Waals surface area contributed by atoms with E-state index in [-0.39, 0.29) is 23.4 Å². The number of carbonyl (C=O) groups excluding carboxylic acids is 2. The Bertz CT molecular complexity index is 1170. The van der Waals surface area contributed by atoms with E-state index in [1.165, 1.54) is 22.3 Å². The van der Waals surface area contributed by atoms with Gasteiger partial charge in [0.25, 0.3) is 0 Å². The van der Waals surface area contributed by atoms with Gasteiger partial charge in [-0.1, -0.05) is 109 Å². The fraction of sp³-hybridized carbons (Fsp3) is 0.133. The maximum Gasteiger partial charge on any atom is 0.167 e. The van der Waals surface area contributed by atoms with Crippen LogP contribution in [0.1, 0.15) is 54.8 Å². The fourth-order valence-corrected chi connectivity index (χ4v) is 5.90. The van der Waals surface area contributed by atoms with E-state index in [1.54, 1.807) is 0 Å². The molecule has 0 saturated carbocycles. The summed E-state index contributed by atoms with van der Waals surface area (Å²) >= 11 is 0. The molecule has 0 N–H and O–H groups in total. The van der Waals surface area contributed by atoms with Crippen molar-refractivity contribution in [3.63, 3.8) is 0 Å². The molecule has 3 aliphatic carbocycles. The molecule has 2 atom stereocenters. The van der Waals surface area contributed by atoms with Crippen LogP contribution < -0.4 is 0 Å². The van der Waals surface area contributed by atoms with E-state index in [4.69, 9.17) is 0 Å². The first-order valence-electron chi connectivity index (χ1n) is 11.1. The molecule has 0 aromatic heterocycles. The summed E-state index contributed by atoms with van der Waals surface area (Å²) in [5.74, 6) is -1.01.